The van der Waals surface area contributed by atoms with Gasteiger partial charge >= 0.3 is 0 Å². The average molecular weight is 277 g/mol. The predicted octanol–water partition coefficient (Wildman–Crippen LogP) is 3.13. The number of carbonyl (C=O) groups is 1. The molecule has 0 bridgehead atoms. The van der Waals surface area contributed by atoms with Crippen LogP contribution in [-0.4, -0.2) is 16.9 Å². The van der Waals surface area contributed by atoms with Crippen LogP contribution in [0.2, 0.25) is 0 Å². The maximum Gasteiger partial charge on any atom is 0.251 e. The maximum absolute atomic E-state index is 12.4. The molecule has 0 aliphatic rings. The molecule has 0 saturated heterocycles. The summed E-state index contributed by atoms with van der Waals surface area (Å²) >= 11 is 0. The number of nitrogens with two attached hydrogens (primary N) is 1. The Morgan fingerprint density at radius 1 is 1.35 bits per heavy atom. The molecule has 1 aromatic heterocycles. The molecule has 0 spiro atoms. The molecule has 1 atom stereocenters. The van der Waals surface area contributed by atoms with E-state index in [4.69, 9.17) is 5.73 Å². The quantitative estimate of drug-likeness (QED) is 0.888. The molecule has 4 nitrogen and oxygen atoms in total. The molecule has 1 aromatic rings. The average Bonchev–Trinajstić information content (AvgIpc) is 2.33. The number of aromatic nitrogens is 1. The number of nitrogens with one attached hydrogen (secondary N) is 1. The van der Waals surface area contributed by atoms with Gasteiger partial charge in [0.15, 0.2) is 0 Å². The molecule has 4 heteroatoms. The van der Waals surface area contributed by atoms with E-state index in [2.05, 4.69) is 51.8 Å². The smallest absolute Gasteiger partial charge is 0.251 e. The zero-order chi connectivity index (χ0) is 15.5. The number of pyridine rings is 1. The first kappa shape index (κ1) is 16.5. The van der Waals surface area contributed by atoms with Crippen molar-refractivity contribution in [3.05, 3.63) is 23.4 Å². The van der Waals surface area contributed by atoms with Crippen LogP contribution in [-0.2, 0) is 5.41 Å². The van der Waals surface area contributed by atoms with Crippen molar-refractivity contribution in [3.63, 3.8) is 0 Å². The summed E-state index contributed by atoms with van der Waals surface area (Å²) in [4.78, 5) is 16.7. The molecule has 1 unspecified atom stereocenters. The van der Waals surface area contributed by atoms with Crippen molar-refractivity contribution in [1.82, 2.24) is 10.3 Å². The molecule has 0 aliphatic heterocycles. The fourth-order valence-electron chi connectivity index (χ4n) is 2.06. The Bertz CT molecular complexity index is 475. The minimum absolute atomic E-state index is 0.0786. The van der Waals surface area contributed by atoms with Gasteiger partial charge in [0.25, 0.3) is 5.91 Å². The van der Waals surface area contributed by atoms with Gasteiger partial charge in [-0.15, -0.1) is 0 Å². The predicted molar refractivity (Wildman–Crippen MR) is 83.7 cm³/mol. The normalized spacial score (nSPS) is 13.3. The lowest BCUT2D eigenvalue weighted by Gasteiger charge is -2.22. The Morgan fingerprint density at radius 3 is 2.40 bits per heavy atom. The van der Waals surface area contributed by atoms with Gasteiger partial charge in [-0.2, -0.15) is 0 Å². The van der Waals surface area contributed by atoms with Gasteiger partial charge in [0.1, 0.15) is 5.82 Å². The summed E-state index contributed by atoms with van der Waals surface area (Å²) in [6.07, 6.45) is 0.913. The Kier molecular flexibility index (Phi) is 5.15. The first-order valence-corrected chi connectivity index (χ1v) is 7.24. The van der Waals surface area contributed by atoms with E-state index in [0.717, 1.165) is 12.1 Å². The van der Waals surface area contributed by atoms with E-state index in [0.29, 0.717) is 17.3 Å². The molecule has 1 amide bonds. The molecule has 0 fully saturated rings. The van der Waals surface area contributed by atoms with Gasteiger partial charge in [-0.3, -0.25) is 4.79 Å². The standard InChI is InChI=1S/C16H27N3O/c1-7-12(10(2)3)18-15(20)11-8-13(16(4,5)6)19-14(17)9-11/h8-10,12H,7H2,1-6H3,(H2,17,19)(H,18,20). The van der Waals surface area contributed by atoms with Gasteiger partial charge in [-0.25, -0.2) is 4.98 Å². The highest BCUT2D eigenvalue weighted by atomic mass is 16.1. The number of nitrogen functional groups attached to an aromatic ring is 1. The summed E-state index contributed by atoms with van der Waals surface area (Å²) in [5.74, 6) is 0.718. The Hall–Kier alpha value is -1.58. The minimum atomic E-state index is -0.132. The van der Waals surface area contributed by atoms with Gasteiger partial charge in [-0.1, -0.05) is 41.5 Å². The van der Waals surface area contributed by atoms with E-state index in [1.807, 2.05) is 6.07 Å². The van der Waals surface area contributed by atoms with Crippen LogP contribution in [0.1, 0.15) is 64.0 Å². The van der Waals surface area contributed by atoms with E-state index in [1.165, 1.54) is 0 Å². The molecule has 0 aromatic carbocycles. The number of hydrogen-bond acceptors (Lipinski definition) is 3. The van der Waals surface area contributed by atoms with Crippen LogP contribution in [0.5, 0.6) is 0 Å². The highest BCUT2D eigenvalue weighted by Gasteiger charge is 2.20. The van der Waals surface area contributed by atoms with Crippen LogP contribution in [0.25, 0.3) is 0 Å². The van der Waals surface area contributed by atoms with E-state index >= 15 is 0 Å². The summed E-state index contributed by atoms with van der Waals surface area (Å²) in [6, 6.07) is 3.64. The van der Waals surface area contributed by atoms with Gasteiger partial charge < -0.3 is 11.1 Å². The molecule has 0 saturated carbocycles. The van der Waals surface area contributed by atoms with Crippen LogP contribution in [0.15, 0.2) is 12.1 Å². The summed E-state index contributed by atoms with van der Waals surface area (Å²) in [5.41, 5.74) is 7.11. The highest BCUT2D eigenvalue weighted by molar-refractivity contribution is 5.95. The molecule has 20 heavy (non-hydrogen) atoms. The van der Waals surface area contributed by atoms with Crippen LogP contribution in [0, 0.1) is 5.92 Å². The molecule has 0 aliphatic carbocycles. The largest absolute Gasteiger partial charge is 0.384 e. The number of hydrogen-bond donors (Lipinski definition) is 2. The Balaban J connectivity index is 3.02. The second kappa shape index (κ2) is 6.25. The minimum Gasteiger partial charge on any atom is -0.384 e. The fourth-order valence-corrected chi connectivity index (χ4v) is 2.06. The lowest BCUT2D eigenvalue weighted by molar-refractivity contribution is 0.0924. The molecule has 1 heterocycles. The molecule has 3 N–H and O–H groups in total. The lowest BCUT2D eigenvalue weighted by atomic mass is 9.90. The van der Waals surface area contributed by atoms with Crippen molar-refractivity contribution in [2.75, 3.05) is 5.73 Å². The van der Waals surface area contributed by atoms with Gasteiger partial charge in [0.05, 0.1) is 0 Å². The van der Waals surface area contributed by atoms with E-state index in [1.54, 1.807) is 6.07 Å². The molecule has 1 rings (SSSR count). The summed E-state index contributed by atoms with van der Waals surface area (Å²) < 4.78 is 0. The second-order valence-corrected chi connectivity index (χ2v) is 6.65. The molecular weight excluding hydrogens is 250 g/mol. The third-order valence-electron chi connectivity index (χ3n) is 3.44. The number of carbonyl (C=O) groups excluding carboxylic acids is 1. The first-order chi connectivity index (χ1) is 9.15. The Labute approximate surface area is 122 Å². The van der Waals surface area contributed by atoms with Crippen molar-refractivity contribution in [3.8, 4) is 0 Å². The number of anilines is 1. The van der Waals surface area contributed by atoms with Gasteiger partial charge in [0, 0.05) is 22.7 Å². The zero-order valence-corrected chi connectivity index (χ0v) is 13.4. The van der Waals surface area contributed by atoms with Crippen molar-refractivity contribution < 1.29 is 4.79 Å². The summed E-state index contributed by atoms with van der Waals surface area (Å²) in [7, 11) is 0. The molecule has 0 radical (unpaired) electrons. The SMILES string of the molecule is CCC(NC(=O)c1cc(N)nc(C(C)(C)C)c1)C(C)C. The van der Waals surface area contributed by atoms with Crippen molar-refractivity contribution in [1.29, 1.82) is 0 Å². The van der Waals surface area contributed by atoms with Crippen molar-refractivity contribution in [2.24, 2.45) is 5.92 Å². The monoisotopic (exact) mass is 277 g/mol. The number of rotatable bonds is 4. The molecular formula is C16H27N3O. The van der Waals surface area contributed by atoms with Gasteiger partial charge in [-0.05, 0) is 24.5 Å². The maximum atomic E-state index is 12.4. The zero-order valence-electron chi connectivity index (χ0n) is 13.4. The van der Waals surface area contributed by atoms with Crippen molar-refractivity contribution >= 4 is 11.7 Å². The summed E-state index contributed by atoms with van der Waals surface area (Å²) in [5, 5.41) is 3.07. The van der Waals surface area contributed by atoms with E-state index in [9.17, 15) is 4.79 Å². The second-order valence-electron chi connectivity index (χ2n) is 6.65. The van der Waals surface area contributed by atoms with E-state index < -0.39 is 0 Å². The topological polar surface area (TPSA) is 68.0 Å². The molecule has 112 valence electrons. The van der Waals surface area contributed by atoms with Crippen LogP contribution in [0.4, 0.5) is 5.82 Å². The third kappa shape index (κ3) is 4.22. The summed E-state index contributed by atoms with van der Waals surface area (Å²) in [6.45, 7) is 12.5. The Morgan fingerprint density at radius 2 is 1.95 bits per heavy atom. The number of amides is 1. The first-order valence-electron chi connectivity index (χ1n) is 7.24. The van der Waals surface area contributed by atoms with Crippen molar-refractivity contribution in [2.45, 2.75) is 59.4 Å². The highest BCUT2D eigenvalue weighted by Crippen LogP contribution is 2.22. The van der Waals surface area contributed by atoms with Crippen LogP contribution in [0.3, 0.4) is 0 Å². The van der Waals surface area contributed by atoms with Gasteiger partial charge in [0.2, 0.25) is 0 Å². The van der Waals surface area contributed by atoms with Crippen LogP contribution < -0.4 is 11.1 Å². The third-order valence-corrected chi connectivity index (χ3v) is 3.44. The lowest BCUT2D eigenvalue weighted by Crippen LogP contribution is -2.38. The van der Waals surface area contributed by atoms with E-state index in [-0.39, 0.29) is 17.4 Å². The number of nitrogens with zero attached hydrogens (tertiary/aromatic N) is 1. The van der Waals surface area contributed by atoms with Crippen LogP contribution >= 0.6 is 0 Å². The fraction of sp³-hybridized carbons (Fsp3) is 0.625.